The van der Waals surface area contributed by atoms with Crippen LogP contribution in [0.2, 0.25) is 0 Å². The van der Waals surface area contributed by atoms with Gasteiger partial charge in [0.15, 0.2) is 0 Å². The predicted octanol–water partition coefficient (Wildman–Crippen LogP) is 4.28. The Labute approximate surface area is 162 Å². The third kappa shape index (κ3) is 2.34. The molecule has 0 spiro atoms. The van der Waals surface area contributed by atoms with Gasteiger partial charge < -0.3 is 9.47 Å². The largest absolute Gasteiger partial charge is 0.466 e. The van der Waals surface area contributed by atoms with Crippen LogP contribution in [0.1, 0.15) is 64.2 Å². The van der Waals surface area contributed by atoms with Gasteiger partial charge >= 0.3 is 11.9 Å². The summed E-state index contributed by atoms with van der Waals surface area (Å²) in [6.07, 6.45) is 11.4. The van der Waals surface area contributed by atoms with Crippen molar-refractivity contribution in [1.29, 1.82) is 0 Å². The first kappa shape index (κ1) is 17.8. The van der Waals surface area contributed by atoms with Crippen LogP contribution in [0.5, 0.6) is 0 Å². The molecule has 27 heavy (non-hydrogen) atoms. The van der Waals surface area contributed by atoms with Gasteiger partial charge in [-0.1, -0.05) is 13.0 Å². The first-order valence-electron chi connectivity index (χ1n) is 11.1. The van der Waals surface area contributed by atoms with Crippen molar-refractivity contribution in [2.75, 3.05) is 7.11 Å². The molecule has 0 aliphatic heterocycles. The van der Waals surface area contributed by atoms with Gasteiger partial charge in [0, 0.05) is 11.0 Å². The lowest BCUT2D eigenvalue weighted by molar-refractivity contribution is -0.160. The summed E-state index contributed by atoms with van der Waals surface area (Å²) in [7, 11) is 1.46. The van der Waals surface area contributed by atoms with E-state index in [-0.39, 0.29) is 29.4 Å². The van der Waals surface area contributed by atoms with Crippen molar-refractivity contribution < 1.29 is 19.1 Å². The van der Waals surface area contributed by atoms with Crippen LogP contribution < -0.4 is 0 Å². The van der Waals surface area contributed by atoms with Crippen LogP contribution in [0.4, 0.5) is 0 Å². The number of methoxy groups -OCH3 is 1. The molecular formula is C23H32O4. The van der Waals surface area contributed by atoms with Crippen LogP contribution in [0.25, 0.3) is 0 Å². The third-order valence-electron chi connectivity index (χ3n) is 9.05. The maximum Gasteiger partial charge on any atom is 0.333 e. The van der Waals surface area contributed by atoms with Gasteiger partial charge in [0.1, 0.15) is 6.10 Å². The van der Waals surface area contributed by atoms with Gasteiger partial charge in [-0.15, -0.1) is 0 Å². The van der Waals surface area contributed by atoms with Crippen molar-refractivity contribution in [3.63, 3.8) is 0 Å². The summed E-state index contributed by atoms with van der Waals surface area (Å²) < 4.78 is 11.1. The fourth-order valence-electron chi connectivity index (χ4n) is 8.30. The van der Waals surface area contributed by atoms with E-state index < -0.39 is 0 Å². The number of carbonyl (C=O) groups excluding carboxylic acids is 2. The van der Waals surface area contributed by atoms with E-state index >= 15 is 0 Å². The van der Waals surface area contributed by atoms with Crippen LogP contribution >= 0.6 is 0 Å². The van der Waals surface area contributed by atoms with Crippen molar-refractivity contribution >= 4 is 11.9 Å². The molecule has 0 aromatic heterocycles. The van der Waals surface area contributed by atoms with Crippen molar-refractivity contribution in [1.82, 2.24) is 0 Å². The molecular weight excluding hydrogens is 340 g/mol. The summed E-state index contributed by atoms with van der Waals surface area (Å²) in [6, 6.07) is 0. The molecule has 5 aliphatic rings. The molecule has 5 aliphatic carbocycles. The maximum atomic E-state index is 13.0. The summed E-state index contributed by atoms with van der Waals surface area (Å²) >= 11 is 0. The molecule has 4 nitrogen and oxygen atoms in total. The van der Waals surface area contributed by atoms with E-state index in [4.69, 9.17) is 9.47 Å². The molecule has 5 saturated carbocycles. The van der Waals surface area contributed by atoms with Gasteiger partial charge in [-0.25, -0.2) is 4.79 Å². The Morgan fingerprint density at radius 2 is 1.74 bits per heavy atom. The van der Waals surface area contributed by atoms with Gasteiger partial charge in [-0.05, 0) is 87.4 Å². The lowest BCUT2D eigenvalue weighted by atomic mass is 9.54. The summed E-state index contributed by atoms with van der Waals surface area (Å²) in [5, 5.41) is 0. The second kappa shape index (κ2) is 6.35. The van der Waals surface area contributed by atoms with Gasteiger partial charge in [0.25, 0.3) is 0 Å². The number of esters is 2. The molecule has 4 bridgehead atoms. The first-order valence-corrected chi connectivity index (χ1v) is 11.1. The number of rotatable bonds is 4. The van der Waals surface area contributed by atoms with Crippen LogP contribution in [-0.2, 0) is 19.1 Å². The van der Waals surface area contributed by atoms with Gasteiger partial charge in [0.05, 0.1) is 13.0 Å². The molecule has 0 heterocycles. The molecule has 0 aromatic carbocycles. The molecule has 0 saturated heterocycles. The Kier molecular flexibility index (Phi) is 4.18. The lowest BCUT2D eigenvalue weighted by Crippen LogP contribution is -2.48. The third-order valence-corrected chi connectivity index (χ3v) is 9.05. The van der Waals surface area contributed by atoms with E-state index in [0.717, 1.165) is 25.7 Å². The van der Waals surface area contributed by atoms with Gasteiger partial charge in [-0.3, -0.25) is 4.79 Å². The zero-order chi connectivity index (χ0) is 18.8. The fraction of sp³-hybridized carbons (Fsp3) is 0.826. The molecule has 148 valence electrons. The quantitative estimate of drug-likeness (QED) is 0.420. The molecule has 0 N–H and O–H groups in total. The van der Waals surface area contributed by atoms with Crippen molar-refractivity contribution in [3.8, 4) is 0 Å². The Morgan fingerprint density at radius 1 is 0.963 bits per heavy atom. The molecule has 5 fully saturated rings. The highest BCUT2D eigenvalue weighted by atomic mass is 16.5. The monoisotopic (exact) mass is 372 g/mol. The lowest BCUT2D eigenvalue weighted by Gasteiger charge is -2.49. The zero-order valence-corrected chi connectivity index (χ0v) is 16.5. The molecule has 7 atom stereocenters. The summed E-state index contributed by atoms with van der Waals surface area (Å²) in [5.74, 6) is 2.28. The number of fused-ring (bicyclic) bond motifs is 9. The zero-order valence-electron chi connectivity index (χ0n) is 16.5. The Balaban J connectivity index is 1.38. The summed E-state index contributed by atoms with van der Waals surface area (Å²) in [4.78, 5) is 25.5. The minimum Gasteiger partial charge on any atom is -0.466 e. The van der Waals surface area contributed by atoms with E-state index in [1.54, 1.807) is 0 Å². The Morgan fingerprint density at radius 3 is 2.48 bits per heavy atom. The fourth-order valence-corrected chi connectivity index (χ4v) is 8.30. The van der Waals surface area contributed by atoms with E-state index in [9.17, 15) is 9.59 Å². The highest BCUT2D eigenvalue weighted by Gasteiger charge is 2.73. The van der Waals surface area contributed by atoms with Crippen LogP contribution in [0, 0.1) is 40.9 Å². The minimum absolute atomic E-state index is 0.0415. The number of ether oxygens (including phenoxy) is 2. The summed E-state index contributed by atoms with van der Waals surface area (Å²) in [6.45, 7) is 4.25. The van der Waals surface area contributed by atoms with Crippen molar-refractivity contribution in [2.24, 2.45) is 40.9 Å². The van der Waals surface area contributed by atoms with Crippen LogP contribution in [0.15, 0.2) is 12.2 Å². The Bertz CT molecular complexity index is 663. The smallest absolute Gasteiger partial charge is 0.333 e. The first-order chi connectivity index (χ1) is 13.1. The predicted molar refractivity (Wildman–Crippen MR) is 101 cm³/mol. The highest BCUT2D eigenvalue weighted by molar-refractivity contribution is 5.90. The van der Waals surface area contributed by atoms with Crippen LogP contribution in [-0.4, -0.2) is 25.2 Å². The Hall–Kier alpha value is -1.32. The molecule has 7 unspecified atom stereocenters. The molecule has 0 aromatic rings. The SMILES string of the molecule is C=C(C(=O)OC)C12C3CCC(C3)C1C1CC2CC1C(=O)OC1CCCCC1. The van der Waals surface area contributed by atoms with E-state index in [0.29, 0.717) is 35.2 Å². The van der Waals surface area contributed by atoms with E-state index in [2.05, 4.69) is 6.58 Å². The van der Waals surface area contributed by atoms with E-state index in [1.165, 1.54) is 45.6 Å². The second-order valence-corrected chi connectivity index (χ2v) is 9.83. The van der Waals surface area contributed by atoms with Gasteiger partial charge in [0.2, 0.25) is 0 Å². The average Bonchev–Trinajstić information content (AvgIpc) is 3.45. The number of hydrogen-bond acceptors (Lipinski definition) is 4. The molecule has 5 rings (SSSR count). The molecule has 4 heteroatoms. The highest BCUT2D eigenvalue weighted by Crippen LogP contribution is 2.77. The number of hydrogen-bond donors (Lipinski definition) is 0. The molecule has 0 amide bonds. The number of carbonyl (C=O) groups is 2. The van der Waals surface area contributed by atoms with Crippen molar-refractivity contribution in [2.45, 2.75) is 70.3 Å². The van der Waals surface area contributed by atoms with Crippen molar-refractivity contribution in [3.05, 3.63) is 12.2 Å². The standard InChI is InChI=1S/C23H32O4/c1-13(21(24)26-2)23-15-9-8-14(10-15)20(23)18-11-16(23)12-19(18)22(25)27-17-6-4-3-5-7-17/h14-20H,1,3-12H2,2H3. The van der Waals surface area contributed by atoms with Crippen LogP contribution in [0.3, 0.4) is 0 Å². The normalized spacial score (nSPS) is 44.9. The van der Waals surface area contributed by atoms with E-state index in [1.807, 2.05) is 0 Å². The molecule has 0 radical (unpaired) electrons. The topological polar surface area (TPSA) is 52.6 Å². The minimum atomic E-state index is -0.235. The maximum absolute atomic E-state index is 13.0. The average molecular weight is 373 g/mol. The van der Waals surface area contributed by atoms with Gasteiger partial charge in [-0.2, -0.15) is 0 Å². The second-order valence-electron chi connectivity index (χ2n) is 9.83. The summed E-state index contributed by atoms with van der Waals surface area (Å²) in [5.41, 5.74) is 0.608.